The Morgan fingerprint density at radius 2 is 2.00 bits per heavy atom. The minimum Gasteiger partial charge on any atom is -0.291 e. The van der Waals surface area contributed by atoms with Crippen LogP contribution in [0.4, 0.5) is 0 Å². The number of Topliss-reactive ketones (excluding diaryl/α,β-unsaturated/α-hetero) is 1. The Kier molecular flexibility index (Phi) is 2.46. The minimum absolute atomic E-state index is 0.0225. The zero-order valence-corrected chi connectivity index (χ0v) is 8.16. The second-order valence-corrected chi connectivity index (χ2v) is 3.21. The first kappa shape index (κ1) is 9.16. The van der Waals surface area contributed by atoms with Crippen LogP contribution in [-0.2, 0) is 0 Å². The molecular weight excluding hydrogens is 198 g/mol. The number of alkyl halides is 1. The molecule has 70 valence electrons. The number of nitrogens with zero attached hydrogens (tertiary/aromatic N) is 1. The molecular formula is C11H8ClNO. The third-order valence-corrected chi connectivity index (χ3v) is 2.25. The highest BCUT2D eigenvalue weighted by Crippen LogP contribution is 2.12. The maximum Gasteiger partial charge on any atom is 0.195 e. The standard InChI is InChI=1S/C11H8ClNO/c12-7-11(14)10-6-5-8-3-1-2-4-9(8)13-10/h1-6H,7H2. The molecule has 0 radical (unpaired) electrons. The van der Waals surface area contributed by atoms with Crippen LogP contribution in [-0.4, -0.2) is 16.6 Å². The number of para-hydroxylation sites is 1. The number of hydrogen-bond acceptors (Lipinski definition) is 2. The van der Waals surface area contributed by atoms with Crippen molar-refractivity contribution < 1.29 is 4.79 Å². The molecule has 0 saturated carbocycles. The second kappa shape index (κ2) is 3.76. The van der Waals surface area contributed by atoms with E-state index in [0.717, 1.165) is 10.9 Å². The van der Waals surface area contributed by atoms with Crippen LogP contribution in [0.1, 0.15) is 10.5 Å². The first-order valence-electron chi connectivity index (χ1n) is 4.26. The van der Waals surface area contributed by atoms with Crippen LogP contribution in [0.5, 0.6) is 0 Å². The highest BCUT2D eigenvalue weighted by molar-refractivity contribution is 6.30. The highest BCUT2D eigenvalue weighted by Gasteiger charge is 2.05. The lowest BCUT2D eigenvalue weighted by Gasteiger charge is -1.99. The summed E-state index contributed by atoms with van der Waals surface area (Å²) in [6.45, 7) is 0. The molecule has 14 heavy (non-hydrogen) atoms. The number of halogens is 1. The number of rotatable bonds is 2. The third kappa shape index (κ3) is 1.61. The Bertz CT molecular complexity index is 481. The van der Waals surface area contributed by atoms with Crippen molar-refractivity contribution in [1.82, 2.24) is 4.98 Å². The maximum atomic E-state index is 11.3. The number of aromatic nitrogens is 1. The molecule has 0 aliphatic rings. The van der Waals surface area contributed by atoms with Gasteiger partial charge in [0.1, 0.15) is 5.69 Å². The molecule has 2 aromatic rings. The Hall–Kier alpha value is -1.41. The molecule has 1 heterocycles. The second-order valence-electron chi connectivity index (χ2n) is 2.95. The molecule has 0 spiro atoms. The molecule has 3 heteroatoms. The topological polar surface area (TPSA) is 30.0 Å². The molecule has 0 unspecified atom stereocenters. The molecule has 1 aromatic carbocycles. The molecule has 0 aliphatic heterocycles. The number of fused-ring (bicyclic) bond motifs is 1. The average molecular weight is 206 g/mol. The van der Waals surface area contributed by atoms with E-state index in [-0.39, 0.29) is 11.7 Å². The van der Waals surface area contributed by atoms with Crippen molar-refractivity contribution in [3.05, 3.63) is 42.1 Å². The molecule has 1 aromatic heterocycles. The molecule has 0 bridgehead atoms. The molecule has 0 N–H and O–H groups in total. The van der Waals surface area contributed by atoms with Crippen molar-refractivity contribution >= 4 is 28.3 Å². The van der Waals surface area contributed by atoms with Crippen molar-refractivity contribution in [3.8, 4) is 0 Å². The van der Waals surface area contributed by atoms with E-state index >= 15 is 0 Å². The quantitative estimate of drug-likeness (QED) is 0.557. The predicted molar refractivity (Wildman–Crippen MR) is 56.8 cm³/mol. The lowest BCUT2D eigenvalue weighted by molar-refractivity contribution is 0.101. The van der Waals surface area contributed by atoms with Gasteiger partial charge in [0.15, 0.2) is 5.78 Å². The van der Waals surface area contributed by atoms with E-state index in [0.29, 0.717) is 5.69 Å². The van der Waals surface area contributed by atoms with Crippen molar-refractivity contribution in [3.63, 3.8) is 0 Å². The summed E-state index contributed by atoms with van der Waals surface area (Å²) in [5.74, 6) is -0.164. The van der Waals surface area contributed by atoms with Crippen molar-refractivity contribution in [2.45, 2.75) is 0 Å². The summed E-state index contributed by atoms with van der Waals surface area (Å²) in [6.07, 6.45) is 0. The van der Waals surface area contributed by atoms with Crippen molar-refractivity contribution in [2.75, 3.05) is 5.88 Å². The highest BCUT2D eigenvalue weighted by atomic mass is 35.5. The Morgan fingerprint density at radius 1 is 1.21 bits per heavy atom. The van der Waals surface area contributed by atoms with Gasteiger partial charge in [0.2, 0.25) is 0 Å². The maximum absolute atomic E-state index is 11.3. The van der Waals surface area contributed by atoms with Gasteiger partial charge in [0.25, 0.3) is 0 Å². The number of carbonyl (C=O) groups is 1. The number of benzene rings is 1. The summed E-state index contributed by atoms with van der Waals surface area (Å²) in [4.78, 5) is 15.5. The van der Waals surface area contributed by atoms with Gasteiger partial charge in [-0.15, -0.1) is 11.6 Å². The summed E-state index contributed by atoms with van der Waals surface area (Å²) >= 11 is 5.45. The fraction of sp³-hybridized carbons (Fsp3) is 0.0909. The van der Waals surface area contributed by atoms with E-state index in [1.807, 2.05) is 30.3 Å². The van der Waals surface area contributed by atoms with Gasteiger partial charge in [0.05, 0.1) is 11.4 Å². The number of pyridine rings is 1. The largest absolute Gasteiger partial charge is 0.291 e. The third-order valence-electron chi connectivity index (χ3n) is 2.01. The number of ketones is 1. The smallest absolute Gasteiger partial charge is 0.195 e. The van der Waals surface area contributed by atoms with Gasteiger partial charge in [-0.1, -0.05) is 24.3 Å². The van der Waals surface area contributed by atoms with Crippen LogP contribution in [0, 0.1) is 0 Å². The molecule has 2 rings (SSSR count). The zero-order valence-electron chi connectivity index (χ0n) is 7.40. The van der Waals surface area contributed by atoms with E-state index in [2.05, 4.69) is 4.98 Å². The van der Waals surface area contributed by atoms with Gasteiger partial charge in [-0.2, -0.15) is 0 Å². The van der Waals surface area contributed by atoms with Crippen molar-refractivity contribution in [1.29, 1.82) is 0 Å². The molecule has 0 saturated heterocycles. The normalized spacial score (nSPS) is 10.4. The lowest BCUT2D eigenvalue weighted by atomic mass is 10.2. The summed E-state index contributed by atoms with van der Waals surface area (Å²) in [5, 5.41) is 1.03. The van der Waals surface area contributed by atoms with Crippen LogP contribution in [0.3, 0.4) is 0 Å². The van der Waals surface area contributed by atoms with Crippen LogP contribution < -0.4 is 0 Å². The Labute approximate surface area is 86.5 Å². The first-order valence-corrected chi connectivity index (χ1v) is 4.79. The predicted octanol–water partition coefficient (Wildman–Crippen LogP) is 2.66. The number of carbonyl (C=O) groups excluding carboxylic acids is 1. The van der Waals surface area contributed by atoms with Gasteiger partial charge in [0, 0.05) is 5.39 Å². The average Bonchev–Trinajstić information content (AvgIpc) is 2.27. The van der Waals surface area contributed by atoms with Crippen LogP contribution >= 0.6 is 11.6 Å². The van der Waals surface area contributed by atoms with Crippen LogP contribution in [0.15, 0.2) is 36.4 Å². The van der Waals surface area contributed by atoms with Crippen molar-refractivity contribution in [2.24, 2.45) is 0 Å². The van der Waals surface area contributed by atoms with Gasteiger partial charge in [-0.05, 0) is 12.1 Å². The molecule has 0 aliphatic carbocycles. The SMILES string of the molecule is O=C(CCl)c1ccc2ccccc2n1. The minimum atomic E-state index is -0.141. The fourth-order valence-electron chi connectivity index (χ4n) is 1.29. The van der Waals surface area contributed by atoms with Gasteiger partial charge >= 0.3 is 0 Å². The summed E-state index contributed by atoms with van der Waals surface area (Å²) in [6, 6.07) is 11.2. The van der Waals surface area contributed by atoms with E-state index < -0.39 is 0 Å². The van der Waals surface area contributed by atoms with E-state index in [4.69, 9.17) is 11.6 Å². The van der Waals surface area contributed by atoms with Gasteiger partial charge in [-0.25, -0.2) is 4.98 Å². The summed E-state index contributed by atoms with van der Waals surface area (Å²) < 4.78 is 0. The van der Waals surface area contributed by atoms with Gasteiger partial charge in [-0.3, -0.25) is 4.79 Å². The zero-order chi connectivity index (χ0) is 9.97. The number of hydrogen-bond donors (Lipinski definition) is 0. The van der Waals surface area contributed by atoms with Crippen LogP contribution in [0.2, 0.25) is 0 Å². The molecule has 0 amide bonds. The summed E-state index contributed by atoms with van der Waals surface area (Å²) in [7, 11) is 0. The van der Waals surface area contributed by atoms with Crippen LogP contribution in [0.25, 0.3) is 10.9 Å². The van der Waals surface area contributed by atoms with Gasteiger partial charge < -0.3 is 0 Å². The molecule has 0 atom stereocenters. The summed E-state index contributed by atoms with van der Waals surface area (Å²) in [5.41, 5.74) is 1.25. The van der Waals surface area contributed by atoms with E-state index in [1.54, 1.807) is 6.07 Å². The Balaban J connectivity index is 2.56. The monoisotopic (exact) mass is 205 g/mol. The van der Waals surface area contributed by atoms with E-state index in [9.17, 15) is 4.79 Å². The first-order chi connectivity index (χ1) is 6.81. The molecule has 0 fully saturated rings. The van der Waals surface area contributed by atoms with E-state index in [1.165, 1.54) is 0 Å². The Morgan fingerprint density at radius 3 is 2.79 bits per heavy atom. The molecule has 2 nitrogen and oxygen atoms in total. The fourth-order valence-corrected chi connectivity index (χ4v) is 1.43. The lowest BCUT2D eigenvalue weighted by Crippen LogP contribution is -2.02.